The maximum Gasteiger partial charge on any atom is 0.316 e. The molecule has 0 spiro atoms. The van der Waals surface area contributed by atoms with Gasteiger partial charge in [-0.15, -0.1) is 0 Å². The first-order chi connectivity index (χ1) is 3.92. The highest BCUT2D eigenvalue weighted by Crippen LogP contribution is 2.02. The van der Waals surface area contributed by atoms with Gasteiger partial charge in [-0.2, -0.15) is 0 Å². The van der Waals surface area contributed by atoms with Gasteiger partial charge in [-0.05, 0) is 0 Å². The third-order valence-electron chi connectivity index (χ3n) is 0.674. The predicted molar refractivity (Wildman–Crippen MR) is 34.8 cm³/mol. The van der Waals surface area contributed by atoms with Gasteiger partial charge in [-0.25, -0.2) is 0 Å². The van der Waals surface area contributed by atoms with Gasteiger partial charge in [0.05, 0.1) is 6.42 Å². The number of rotatable bonds is 3. The summed E-state index contributed by atoms with van der Waals surface area (Å²) in [6.45, 7) is 0. The molecule has 0 rings (SSSR count). The van der Waals surface area contributed by atoms with E-state index in [0.717, 1.165) is 0 Å². The monoisotopic (exact) mass is 162 g/mol. The lowest BCUT2D eigenvalue weighted by Gasteiger charge is -2.10. The molecule has 0 heterocycles. The molecule has 58 valence electrons. The fourth-order valence-corrected chi connectivity index (χ4v) is 0.275. The molecule has 10 heavy (non-hydrogen) atoms. The minimum Gasteiger partial charge on any atom is -0.481 e. The molecular weight excluding hydrogens is 152 g/mol. The highest BCUT2D eigenvalue weighted by atomic mass is 24.3. The number of carboxylic acid groups (broad SMARTS) is 1. The molecule has 0 bridgehead atoms. The Morgan fingerprint density at radius 1 is 1.30 bits per heavy atom. The number of hydrogen-bond acceptors (Lipinski definition) is 4. The van der Waals surface area contributed by atoms with Crippen molar-refractivity contribution < 1.29 is 25.2 Å². The Kier molecular flexibility index (Phi) is 6.20. The van der Waals surface area contributed by atoms with E-state index in [1.165, 1.54) is 0 Å². The van der Waals surface area contributed by atoms with Crippen molar-refractivity contribution in [1.29, 1.82) is 0 Å². The van der Waals surface area contributed by atoms with Crippen LogP contribution in [-0.2, 0) is 4.79 Å². The Morgan fingerprint density at radius 3 is 1.80 bits per heavy atom. The van der Waals surface area contributed by atoms with Gasteiger partial charge in [0.25, 0.3) is 5.97 Å². The van der Waals surface area contributed by atoms with E-state index in [1.54, 1.807) is 0 Å². The van der Waals surface area contributed by atoms with Crippen LogP contribution in [0.5, 0.6) is 0 Å². The van der Waals surface area contributed by atoms with E-state index in [1.807, 2.05) is 0 Å². The topological polar surface area (TPSA) is 98.0 Å². The zero-order chi connectivity index (χ0) is 7.49. The van der Waals surface area contributed by atoms with Crippen molar-refractivity contribution in [3.8, 4) is 0 Å². The molecule has 0 radical (unpaired) electrons. The largest absolute Gasteiger partial charge is 0.481 e. The second kappa shape index (κ2) is 4.86. The predicted octanol–water partition coefficient (Wildman–Crippen LogP) is -2.43. The molecule has 0 saturated heterocycles. The first kappa shape index (κ1) is 12.8. The normalized spacial score (nSPS) is 10.3. The number of carbonyl (C=O) groups is 1. The van der Waals surface area contributed by atoms with E-state index in [2.05, 4.69) is 0 Å². The molecule has 0 fully saturated rings. The Balaban J connectivity index is 0. The average molecular weight is 162 g/mol. The highest BCUT2D eigenvalue weighted by molar-refractivity contribution is 5.75. The van der Waals surface area contributed by atoms with Crippen LogP contribution in [0.1, 0.15) is 12.8 Å². The smallest absolute Gasteiger partial charge is 0.316 e. The van der Waals surface area contributed by atoms with Crippen LogP contribution in [-0.4, -0.2) is 55.4 Å². The van der Waals surface area contributed by atoms with Crippen LogP contribution in [0.25, 0.3) is 0 Å². The summed E-state index contributed by atoms with van der Waals surface area (Å²) in [5.41, 5.74) is 0. The summed E-state index contributed by atoms with van der Waals surface area (Å²) in [7, 11) is 0. The summed E-state index contributed by atoms with van der Waals surface area (Å²) in [6, 6.07) is 0. The molecule has 4 N–H and O–H groups in total. The summed E-state index contributed by atoms with van der Waals surface area (Å²) in [4.78, 5) is 9.71. The fourth-order valence-electron chi connectivity index (χ4n) is 0.275. The van der Waals surface area contributed by atoms with Gasteiger partial charge in [0.1, 0.15) is 0 Å². The van der Waals surface area contributed by atoms with Crippen LogP contribution < -0.4 is 0 Å². The number of aliphatic carboxylic acids is 1. The summed E-state index contributed by atoms with van der Waals surface area (Å²) in [5.74, 6) is -4.03. The van der Waals surface area contributed by atoms with Crippen LogP contribution >= 0.6 is 0 Å². The van der Waals surface area contributed by atoms with Crippen molar-refractivity contribution in [3.63, 3.8) is 0 Å². The highest BCUT2D eigenvalue weighted by Gasteiger charge is 2.18. The van der Waals surface area contributed by atoms with Gasteiger partial charge >= 0.3 is 29.0 Å². The van der Waals surface area contributed by atoms with Gasteiger partial charge in [0.2, 0.25) is 0 Å². The summed E-state index contributed by atoms with van der Waals surface area (Å²) < 4.78 is 0. The maximum atomic E-state index is 9.71. The maximum absolute atomic E-state index is 9.71. The number of hydrogen-bond donors (Lipinski definition) is 4. The third-order valence-corrected chi connectivity index (χ3v) is 0.674. The Hall–Kier alpha value is 0.116. The lowest BCUT2D eigenvalue weighted by atomic mass is 10.3. The van der Waals surface area contributed by atoms with Crippen LogP contribution in [0.2, 0.25) is 0 Å². The van der Waals surface area contributed by atoms with Crippen molar-refractivity contribution in [3.05, 3.63) is 0 Å². The van der Waals surface area contributed by atoms with Crippen molar-refractivity contribution in [2.24, 2.45) is 0 Å². The molecule has 5 nitrogen and oxygen atoms in total. The Bertz CT molecular complexity index is 107. The molecule has 0 aromatic heterocycles. The van der Waals surface area contributed by atoms with E-state index in [9.17, 15) is 4.79 Å². The molecule has 0 unspecified atom stereocenters. The average Bonchev–Trinajstić information content (AvgIpc) is 1.59. The summed E-state index contributed by atoms with van der Waals surface area (Å²) >= 11 is 0. The molecule has 0 aliphatic heterocycles. The van der Waals surface area contributed by atoms with Crippen molar-refractivity contribution in [1.82, 2.24) is 0 Å². The Morgan fingerprint density at radius 2 is 1.70 bits per heavy atom. The van der Waals surface area contributed by atoms with Gasteiger partial charge in [0.15, 0.2) is 0 Å². The molecule has 0 aliphatic carbocycles. The molecule has 0 saturated carbocycles. The molecule has 0 atom stereocenters. The van der Waals surface area contributed by atoms with E-state index in [-0.39, 0.29) is 23.1 Å². The van der Waals surface area contributed by atoms with E-state index < -0.39 is 24.8 Å². The molecule has 0 aromatic rings. The Labute approximate surface area is 73.4 Å². The lowest BCUT2D eigenvalue weighted by Crippen LogP contribution is -2.27. The quantitative estimate of drug-likeness (QED) is 0.273. The molecule has 0 aromatic carbocycles. The lowest BCUT2D eigenvalue weighted by molar-refractivity contribution is -0.314. The van der Waals surface area contributed by atoms with Crippen LogP contribution in [0, 0.1) is 0 Å². The first-order valence-corrected chi connectivity index (χ1v) is 2.31. The molecular formula is C4H10MgO5. The van der Waals surface area contributed by atoms with Crippen LogP contribution in [0.4, 0.5) is 0 Å². The molecule has 0 amide bonds. The second-order valence-electron chi connectivity index (χ2n) is 1.67. The van der Waals surface area contributed by atoms with Gasteiger partial charge in [0, 0.05) is 6.42 Å². The van der Waals surface area contributed by atoms with Crippen LogP contribution in [0.3, 0.4) is 0 Å². The van der Waals surface area contributed by atoms with E-state index in [0.29, 0.717) is 0 Å². The standard InChI is InChI=1S/C4H8O5.Mg.2H/c5-3(6)1-2-4(7,8)9;;;/h7-9H,1-2H2,(H,5,6);;;. The van der Waals surface area contributed by atoms with Crippen LogP contribution in [0.15, 0.2) is 0 Å². The van der Waals surface area contributed by atoms with E-state index in [4.69, 9.17) is 20.4 Å². The summed E-state index contributed by atoms with van der Waals surface area (Å²) in [5, 5.41) is 32.3. The van der Waals surface area contributed by atoms with Gasteiger partial charge in [-0.1, -0.05) is 0 Å². The zero-order valence-corrected chi connectivity index (χ0v) is 4.61. The SMILES string of the molecule is O=C(O)CCC(O)(O)O.[MgH2]. The second-order valence-corrected chi connectivity index (χ2v) is 1.67. The van der Waals surface area contributed by atoms with Crippen molar-refractivity contribution >= 4 is 29.0 Å². The van der Waals surface area contributed by atoms with Crippen molar-refractivity contribution in [2.45, 2.75) is 18.8 Å². The van der Waals surface area contributed by atoms with Gasteiger partial charge in [-0.3, -0.25) is 4.79 Å². The zero-order valence-electron chi connectivity index (χ0n) is 4.61. The first-order valence-electron chi connectivity index (χ1n) is 2.31. The number of carboxylic acids is 1. The minimum absolute atomic E-state index is 0. The molecule has 0 aliphatic rings. The molecule has 6 heteroatoms. The van der Waals surface area contributed by atoms with E-state index >= 15 is 0 Å². The van der Waals surface area contributed by atoms with Gasteiger partial charge < -0.3 is 20.4 Å². The fraction of sp³-hybridized carbons (Fsp3) is 0.750. The van der Waals surface area contributed by atoms with Crippen molar-refractivity contribution in [2.75, 3.05) is 0 Å². The minimum atomic E-state index is -2.85. The third kappa shape index (κ3) is 11.0. The number of aliphatic hydroxyl groups is 3. The summed E-state index contributed by atoms with van der Waals surface area (Å²) in [6.07, 6.45) is -1.05.